The minimum Gasteiger partial charge on any atom is -0.481 e. The van der Waals surface area contributed by atoms with Gasteiger partial charge >= 0.3 is 5.97 Å². The van der Waals surface area contributed by atoms with E-state index in [0.29, 0.717) is 6.54 Å². The van der Waals surface area contributed by atoms with Crippen molar-refractivity contribution in [2.24, 2.45) is 11.8 Å². The van der Waals surface area contributed by atoms with Gasteiger partial charge in [0.2, 0.25) is 0 Å². The molecule has 17 heavy (non-hydrogen) atoms. The van der Waals surface area contributed by atoms with Crippen molar-refractivity contribution in [3.8, 4) is 0 Å². The fraction of sp³-hybridized carbons (Fsp3) is 0.583. The average Bonchev–Trinajstić information content (AvgIpc) is 2.83. The summed E-state index contributed by atoms with van der Waals surface area (Å²) in [6.45, 7) is 5.58. The zero-order valence-corrected chi connectivity index (χ0v) is 11.5. The van der Waals surface area contributed by atoms with Gasteiger partial charge in [0.15, 0.2) is 0 Å². The normalized spacial score (nSPS) is 27.2. The van der Waals surface area contributed by atoms with Crippen LogP contribution < -0.4 is 0 Å². The Kier molecular flexibility index (Phi) is 3.76. The third-order valence-corrected chi connectivity index (χ3v) is 4.69. The van der Waals surface area contributed by atoms with Crippen molar-refractivity contribution in [2.75, 3.05) is 13.1 Å². The Morgan fingerprint density at radius 1 is 1.65 bits per heavy atom. The molecule has 1 unspecified atom stereocenters. The molecule has 0 saturated carbocycles. The Labute approximate surface area is 110 Å². The number of aliphatic carboxylic acids is 1. The van der Waals surface area contributed by atoms with E-state index in [4.69, 9.17) is 16.7 Å². The second-order valence-corrected chi connectivity index (χ2v) is 6.28. The number of halogens is 1. The third-order valence-electron chi connectivity index (χ3n) is 3.58. The lowest BCUT2D eigenvalue weighted by atomic mass is 9.99. The van der Waals surface area contributed by atoms with Gasteiger partial charge < -0.3 is 5.11 Å². The number of rotatable bonds is 3. The van der Waals surface area contributed by atoms with Gasteiger partial charge in [-0.3, -0.25) is 9.69 Å². The number of thiophene rings is 1. The quantitative estimate of drug-likeness (QED) is 0.920. The lowest BCUT2D eigenvalue weighted by Gasteiger charge is -2.23. The standard InChI is InChI=1S/C12H16ClNO2S/c1-7-4-14(5-10(7)12(15)16)8(2)9-3-11(13)17-6-9/h3,6-8,10H,4-5H2,1-2H3,(H,15,16)/t7-,8?,10-/m1/s1. The van der Waals surface area contributed by atoms with Gasteiger partial charge in [-0.15, -0.1) is 11.3 Å². The van der Waals surface area contributed by atoms with E-state index >= 15 is 0 Å². The Hall–Kier alpha value is -0.580. The summed E-state index contributed by atoms with van der Waals surface area (Å²) in [6, 6.07) is 2.21. The van der Waals surface area contributed by atoms with E-state index in [1.54, 1.807) is 0 Å². The van der Waals surface area contributed by atoms with Crippen molar-refractivity contribution in [3.05, 3.63) is 21.3 Å². The van der Waals surface area contributed by atoms with Crippen LogP contribution in [0, 0.1) is 11.8 Å². The van der Waals surface area contributed by atoms with Gasteiger partial charge in [0.25, 0.3) is 0 Å². The maximum atomic E-state index is 11.1. The molecule has 1 aliphatic heterocycles. The Morgan fingerprint density at radius 3 is 2.82 bits per heavy atom. The van der Waals surface area contributed by atoms with Crippen LogP contribution in [-0.2, 0) is 4.79 Å². The highest BCUT2D eigenvalue weighted by Crippen LogP contribution is 2.33. The van der Waals surface area contributed by atoms with Crippen molar-refractivity contribution in [1.29, 1.82) is 0 Å². The summed E-state index contributed by atoms with van der Waals surface area (Å²) >= 11 is 7.45. The van der Waals surface area contributed by atoms with Crippen LogP contribution in [0.15, 0.2) is 11.4 Å². The molecule has 1 aromatic heterocycles. The minimum absolute atomic E-state index is 0.212. The van der Waals surface area contributed by atoms with E-state index in [2.05, 4.69) is 11.8 Å². The van der Waals surface area contributed by atoms with Gasteiger partial charge in [0, 0.05) is 19.1 Å². The number of carboxylic acids is 1. The molecular weight excluding hydrogens is 258 g/mol. The predicted octanol–water partition coefficient (Wildman–Crippen LogP) is 3.12. The summed E-state index contributed by atoms with van der Waals surface area (Å²) in [4.78, 5) is 13.3. The molecule has 2 rings (SSSR count). The smallest absolute Gasteiger partial charge is 0.308 e. The van der Waals surface area contributed by atoms with Gasteiger partial charge in [-0.1, -0.05) is 18.5 Å². The lowest BCUT2D eigenvalue weighted by molar-refractivity contribution is -0.142. The molecule has 0 amide bonds. The number of hydrogen-bond donors (Lipinski definition) is 1. The minimum atomic E-state index is -0.685. The Balaban J connectivity index is 2.07. The monoisotopic (exact) mass is 273 g/mol. The molecule has 1 aliphatic rings. The van der Waals surface area contributed by atoms with Crippen LogP contribution in [0.3, 0.4) is 0 Å². The van der Waals surface area contributed by atoms with Crippen molar-refractivity contribution in [2.45, 2.75) is 19.9 Å². The van der Waals surface area contributed by atoms with Gasteiger partial charge in [0.1, 0.15) is 0 Å². The molecule has 2 heterocycles. The van der Waals surface area contributed by atoms with Crippen LogP contribution in [0.25, 0.3) is 0 Å². The fourth-order valence-electron chi connectivity index (χ4n) is 2.40. The van der Waals surface area contributed by atoms with Crippen LogP contribution in [0.4, 0.5) is 0 Å². The summed E-state index contributed by atoms with van der Waals surface area (Å²) in [5.41, 5.74) is 1.18. The Bertz CT molecular complexity index is 420. The lowest BCUT2D eigenvalue weighted by Crippen LogP contribution is -2.26. The van der Waals surface area contributed by atoms with Crippen LogP contribution in [0.2, 0.25) is 4.34 Å². The molecule has 3 atom stereocenters. The number of nitrogens with zero attached hydrogens (tertiary/aromatic N) is 1. The van der Waals surface area contributed by atoms with Crippen LogP contribution in [0.5, 0.6) is 0 Å². The van der Waals surface area contributed by atoms with Gasteiger partial charge in [-0.05, 0) is 29.9 Å². The van der Waals surface area contributed by atoms with Crippen molar-refractivity contribution in [1.82, 2.24) is 4.90 Å². The molecule has 0 aliphatic carbocycles. The number of carboxylic acid groups (broad SMARTS) is 1. The van der Waals surface area contributed by atoms with E-state index in [-0.39, 0.29) is 17.9 Å². The first kappa shape index (κ1) is 12.9. The fourth-order valence-corrected chi connectivity index (χ4v) is 3.37. The zero-order chi connectivity index (χ0) is 12.6. The molecule has 0 bridgehead atoms. The molecule has 1 N–H and O–H groups in total. The molecular formula is C12H16ClNO2S. The maximum Gasteiger partial charge on any atom is 0.308 e. The zero-order valence-electron chi connectivity index (χ0n) is 9.89. The van der Waals surface area contributed by atoms with Crippen molar-refractivity contribution < 1.29 is 9.90 Å². The highest BCUT2D eigenvalue weighted by Gasteiger charge is 2.36. The van der Waals surface area contributed by atoms with Gasteiger partial charge in [-0.2, -0.15) is 0 Å². The summed E-state index contributed by atoms with van der Waals surface area (Å²) in [6.07, 6.45) is 0. The number of carbonyl (C=O) groups is 1. The molecule has 3 nitrogen and oxygen atoms in total. The molecule has 5 heteroatoms. The summed E-state index contributed by atoms with van der Waals surface area (Å²) in [5.74, 6) is -0.717. The molecule has 1 aromatic rings. The van der Waals surface area contributed by atoms with Gasteiger partial charge in [0.05, 0.1) is 10.3 Å². The van der Waals surface area contributed by atoms with Crippen LogP contribution in [0.1, 0.15) is 25.5 Å². The number of likely N-dealkylation sites (tertiary alicyclic amines) is 1. The predicted molar refractivity (Wildman–Crippen MR) is 69.6 cm³/mol. The van der Waals surface area contributed by atoms with Crippen molar-refractivity contribution >= 4 is 28.9 Å². The van der Waals surface area contributed by atoms with E-state index in [9.17, 15) is 4.79 Å². The molecule has 0 spiro atoms. The number of hydrogen-bond acceptors (Lipinski definition) is 3. The average molecular weight is 274 g/mol. The molecule has 1 fully saturated rings. The third kappa shape index (κ3) is 2.64. The molecule has 94 valence electrons. The molecule has 0 aromatic carbocycles. The van der Waals surface area contributed by atoms with Crippen molar-refractivity contribution in [3.63, 3.8) is 0 Å². The first-order valence-corrected chi connectivity index (χ1v) is 6.95. The largest absolute Gasteiger partial charge is 0.481 e. The molecule has 1 saturated heterocycles. The highest BCUT2D eigenvalue weighted by molar-refractivity contribution is 7.14. The molecule has 0 radical (unpaired) electrons. The SMILES string of the molecule is CC(c1csc(Cl)c1)N1C[C@@H](C)[C@H](C(=O)O)C1. The maximum absolute atomic E-state index is 11.1. The summed E-state index contributed by atoms with van der Waals surface area (Å²) < 4.78 is 0.786. The summed E-state index contributed by atoms with van der Waals surface area (Å²) in [5, 5.41) is 11.2. The van der Waals surface area contributed by atoms with Crippen LogP contribution in [-0.4, -0.2) is 29.1 Å². The van der Waals surface area contributed by atoms with E-state index in [1.807, 2.05) is 18.4 Å². The second-order valence-electron chi connectivity index (χ2n) is 4.74. The first-order valence-electron chi connectivity index (χ1n) is 5.70. The topological polar surface area (TPSA) is 40.5 Å². The van der Waals surface area contributed by atoms with Gasteiger partial charge in [-0.25, -0.2) is 0 Å². The highest BCUT2D eigenvalue weighted by atomic mass is 35.5. The first-order chi connectivity index (χ1) is 7.99. The van der Waals surface area contributed by atoms with E-state index in [1.165, 1.54) is 16.9 Å². The summed E-state index contributed by atoms with van der Waals surface area (Å²) in [7, 11) is 0. The van der Waals surface area contributed by atoms with E-state index in [0.717, 1.165) is 10.9 Å². The second kappa shape index (κ2) is 4.96. The van der Waals surface area contributed by atoms with Crippen LogP contribution >= 0.6 is 22.9 Å². The Morgan fingerprint density at radius 2 is 2.35 bits per heavy atom. The van der Waals surface area contributed by atoms with E-state index < -0.39 is 5.97 Å².